The third-order valence-corrected chi connectivity index (χ3v) is 4.95. The Labute approximate surface area is 174 Å². The van der Waals surface area contributed by atoms with E-state index in [4.69, 9.17) is 18.9 Å². The monoisotopic (exact) mass is 405 g/mol. The average molecular weight is 406 g/mol. The smallest absolute Gasteiger partial charge is 0.223 e. The fourth-order valence-electron chi connectivity index (χ4n) is 3.24. The number of carbonyl (C=O) groups excluding carboxylic acids is 1. The van der Waals surface area contributed by atoms with Crippen LogP contribution in [0, 0.1) is 17.8 Å². The van der Waals surface area contributed by atoms with Crippen LogP contribution >= 0.6 is 0 Å². The van der Waals surface area contributed by atoms with Gasteiger partial charge in [-0.1, -0.05) is 27.7 Å². The van der Waals surface area contributed by atoms with Crippen LogP contribution in [-0.4, -0.2) is 65.3 Å². The Kier molecular flexibility index (Phi) is 19.1. The summed E-state index contributed by atoms with van der Waals surface area (Å²) >= 11 is 0. The molecular weight excluding hydrogens is 358 g/mol. The van der Waals surface area contributed by atoms with E-state index in [2.05, 4.69) is 19.2 Å². The first-order valence-electron chi connectivity index (χ1n) is 11.2. The Morgan fingerprint density at radius 3 is 1.79 bits per heavy atom. The lowest BCUT2D eigenvalue weighted by Crippen LogP contribution is -2.35. The summed E-state index contributed by atoms with van der Waals surface area (Å²) in [5, 5.41) is 3.00. The summed E-state index contributed by atoms with van der Waals surface area (Å²) in [6, 6.07) is 0. The highest BCUT2D eigenvalue weighted by Crippen LogP contribution is 2.33. The highest BCUT2D eigenvalue weighted by molar-refractivity contribution is 5.78. The fourth-order valence-corrected chi connectivity index (χ4v) is 3.24. The number of amides is 1. The van der Waals surface area contributed by atoms with E-state index >= 15 is 0 Å². The first-order valence-corrected chi connectivity index (χ1v) is 11.2. The number of carbonyl (C=O) groups is 1. The zero-order valence-electron chi connectivity index (χ0n) is 19.0. The van der Waals surface area contributed by atoms with Gasteiger partial charge in [0.05, 0.1) is 46.2 Å². The molecule has 0 aromatic heterocycles. The van der Waals surface area contributed by atoms with Crippen molar-refractivity contribution in [3.63, 3.8) is 0 Å². The molecule has 0 bridgehead atoms. The van der Waals surface area contributed by atoms with E-state index in [9.17, 15) is 4.79 Å². The van der Waals surface area contributed by atoms with Gasteiger partial charge in [-0.2, -0.15) is 0 Å². The molecule has 1 rings (SSSR count). The molecule has 1 N–H and O–H groups in total. The van der Waals surface area contributed by atoms with Gasteiger partial charge in [0.2, 0.25) is 5.91 Å². The number of hydrogen-bond acceptors (Lipinski definition) is 5. The fraction of sp³-hybridized carbons (Fsp3) is 0.955. The summed E-state index contributed by atoms with van der Waals surface area (Å²) in [5.74, 6) is 1.90. The molecular formula is C22H47NO5. The van der Waals surface area contributed by atoms with Crippen LogP contribution in [0.3, 0.4) is 0 Å². The van der Waals surface area contributed by atoms with Gasteiger partial charge in [0.25, 0.3) is 0 Å². The second-order valence-electron chi connectivity index (χ2n) is 7.18. The van der Waals surface area contributed by atoms with E-state index in [-0.39, 0.29) is 13.3 Å². The van der Waals surface area contributed by atoms with Crippen molar-refractivity contribution in [2.75, 3.05) is 59.4 Å². The molecule has 0 aliphatic heterocycles. The van der Waals surface area contributed by atoms with Crippen LogP contribution in [0.15, 0.2) is 0 Å². The van der Waals surface area contributed by atoms with E-state index in [1.165, 1.54) is 12.8 Å². The molecule has 0 aromatic rings. The molecule has 1 aliphatic carbocycles. The van der Waals surface area contributed by atoms with Crippen molar-refractivity contribution < 1.29 is 25.2 Å². The van der Waals surface area contributed by atoms with E-state index in [0.29, 0.717) is 52.8 Å². The van der Waals surface area contributed by atoms with Gasteiger partial charge in [-0.15, -0.1) is 0 Å². The normalized spacial score (nSPS) is 19.2. The van der Waals surface area contributed by atoms with Crippen LogP contribution in [0.25, 0.3) is 0 Å². The molecule has 1 aliphatic rings. The molecule has 6 heteroatoms. The molecule has 0 unspecified atom stereocenters. The Morgan fingerprint density at radius 1 is 0.857 bits per heavy atom. The summed E-state index contributed by atoms with van der Waals surface area (Å²) in [6.07, 6.45) is 4.41. The molecule has 6 nitrogen and oxygen atoms in total. The second-order valence-corrected chi connectivity index (χ2v) is 7.18. The first kappa shape index (κ1) is 27.3. The highest BCUT2D eigenvalue weighted by Gasteiger charge is 2.27. The molecule has 0 aromatic carbocycles. The SMILES string of the molecule is CC.CCOCCOCCOCCOCCNC(=O)C1CCC(C(C)C)CC1.[HH]. The van der Waals surface area contributed by atoms with Gasteiger partial charge in [-0.05, 0) is 44.4 Å². The second kappa shape index (κ2) is 19.6. The maximum Gasteiger partial charge on any atom is 0.223 e. The van der Waals surface area contributed by atoms with Gasteiger partial charge in [-0.3, -0.25) is 4.79 Å². The zero-order valence-corrected chi connectivity index (χ0v) is 19.0. The summed E-state index contributed by atoms with van der Waals surface area (Å²) < 4.78 is 21.4. The van der Waals surface area contributed by atoms with Crippen LogP contribution < -0.4 is 5.32 Å². The Bertz CT molecular complexity index is 350. The van der Waals surface area contributed by atoms with Gasteiger partial charge >= 0.3 is 0 Å². The molecule has 170 valence electrons. The first-order chi connectivity index (χ1) is 13.6. The van der Waals surface area contributed by atoms with Gasteiger partial charge < -0.3 is 24.3 Å². The topological polar surface area (TPSA) is 66.0 Å². The number of nitrogens with one attached hydrogen (secondary N) is 1. The minimum absolute atomic E-state index is 0. The van der Waals surface area contributed by atoms with Crippen LogP contribution in [0.5, 0.6) is 0 Å². The largest absolute Gasteiger partial charge is 0.379 e. The van der Waals surface area contributed by atoms with E-state index < -0.39 is 0 Å². The van der Waals surface area contributed by atoms with Gasteiger partial charge in [-0.25, -0.2) is 0 Å². The lowest BCUT2D eigenvalue weighted by molar-refractivity contribution is -0.126. The summed E-state index contributed by atoms with van der Waals surface area (Å²) in [4.78, 5) is 12.2. The predicted molar refractivity (Wildman–Crippen MR) is 116 cm³/mol. The molecule has 0 saturated heterocycles. The maximum absolute atomic E-state index is 12.2. The molecule has 0 radical (unpaired) electrons. The summed E-state index contributed by atoms with van der Waals surface area (Å²) in [5.41, 5.74) is 0. The predicted octanol–water partition coefficient (Wildman–Crippen LogP) is 3.92. The van der Waals surface area contributed by atoms with Crippen molar-refractivity contribution in [1.82, 2.24) is 5.32 Å². The number of rotatable bonds is 15. The van der Waals surface area contributed by atoms with Crippen LogP contribution in [0.2, 0.25) is 0 Å². The average Bonchev–Trinajstić information content (AvgIpc) is 2.72. The van der Waals surface area contributed by atoms with Crippen molar-refractivity contribution in [1.29, 1.82) is 0 Å². The number of hydrogen-bond donors (Lipinski definition) is 1. The van der Waals surface area contributed by atoms with E-state index in [1.807, 2.05) is 20.8 Å². The molecule has 0 atom stereocenters. The molecule has 1 fully saturated rings. The molecule has 0 heterocycles. The summed E-state index contributed by atoms with van der Waals surface area (Å²) in [7, 11) is 0. The van der Waals surface area contributed by atoms with Crippen molar-refractivity contribution in [3.8, 4) is 0 Å². The van der Waals surface area contributed by atoms with Crippen molar-refractivity contribution in [3.05, 3.63) is 0 Å². The standard InChI is InChI=1S/C20H39NO5.C2H6.H2/c1-4-23-11-12-25-15-16-26-14-13-24-10-9-21-20(22)19-7-5-18(6-8-19)17(2)3;1-2;/h17-19H,4-16H2,1-3H3,(H,21,22);1-2H3;1H. The van der Waals surface area contributed by atoms with Crippen LogP contribution in [0.1, 0.15) is 61.7 Å². The Balaban J connectivity index is 0. The molecule has 1 amide bonds. The third kappa shape index (κ3) is 14.3. The molecule has 28 heavy (non-hydrogen) atoms. The van der Waals surface area contributed by atoms with Crippen LogP contribution in [0.4, 0.5) is 0 Å². The van der Waals surface area contributed by atoms with Crippen molar-refractivity contribution >= 4 is 5.91 Å². The zero-order chi connectivity index (χ0) is 21.0. The molecule has 1 saturated carbocycles. The molecule has 0 spiro atoms. The van der Waals surface area contributed by atoms with E-state index in [0.717, 1.165) is 31.3 Å². The Morgan fingerprint density at radius 2 is 1.32 bits per heavy atom. The maximum atomic E-state index is 12.2. The minimum atomic E-state index is 0. The van der Waals surface area contributed by atoms with Gasteiger partial charge in [0.15, 0.2) is 0 Å². The van der Waals surface area contributed by atoms with Gasteiger partial charge in [0, 0.05) is 20.5 Å². The lowest BCUT2D eigenvalue weighted by atomic mass is 9.77. The quantitative estimate of drug-likeness (QED) is 0.418. The van der Waals surface area contributed by atoms with Crippen molar-refractivity contribution in [2.24, 2.45) is 17.8 Å². The van der Waals surface area contributed by atoms with Crippen LogP contribution in [-0.2, 0) is 23.7 Å². The van der Waals surface area contributed by atoms with E-state index in [1.54, 1.807) is 0 Å². The Hall–Kier alpha value is -0.690. The highest BCUT2D eigenvalue weighted by atomic mass is 16.6. The van der Waals surface area contributed by atoms with Gasteiger partial charge in [0.1, 0.15) is 0 Å². The summed E-state index contributed by atoms with van der Waals surface area (Å²) in [6.45, 7) is 15.8. The lowest BCUT2D eigenvalue weighted by Gasteiger charge is -2.30. The van der Waals surface area contributed by atoms with Crippen molar-refractivity contribution in [2.45, 2.75) is 60.3 Å². The minimum Gasteiger partial charge on any atom is -0.379 e. The number of ether oxygens (including phenoxy) is 4. The third-order valence-electron chi connectivity index (χ3n) is 4.95.